The lowest BCUT2D eigenvalue weighted by Crippen LogP contribution is -2.40. The van der Waals surface area contributed by atoms with Gasteiger partial charge in [0, 0.05) is 6.04 Å². The molecule has 106 valence electrons. The highest BCUT2D eigenvalue weighted by Crippen LogP contribution is 2.40. The van der Waals surface area contributed by atoms with Crippen LogP contribution in [0.2, 0.25) is 0 Å². The van der Waals surface area contributed by atoms with E-state index in [1.54, 1.807) is 0 Å². The molecule has 1 aliphatic heterocycles. The fraction of sp³-hybridized carbons (Fsp3) is 0.500. The van der Waals surface area contributed by atoms with Crippen molar-refractivity contribution in [3.8, 4) is 0 Å². The minimum absolute atomic E-state index is 0.0943. The molecule has 0 saturated carbocycles. The van der Waals surface area contributed by atoms with Gasteiger partial charge in [0.25, 0.3) is 0 Å². The maximum absolute atomic E-state index is 11.5. The molecule has 0 bridgehead atoms. The van der Waals surface area contributed by atoms with Gasteiger partial charge in [-0.3, -0.25) is 0 Å². The fourth-order valence-electron chi connectivity index (χ4n) is 2.19. The molecule has 1 saturated heterocycles. The van der Waals surface area contributed by atoms with Crippen molar-refractivity contribution >= 4 is 44.6 Å². The van der Waals surface area contributed by atoms with Gasteiger partial charge in [-0.25, -0.2) is 8.42 Å². The Morgan fingerprint density at radius 1 is 1.21 bits per heavy atom. The molecule has 0 unspecified atom stereocenters. The molecule has 1 aliphatic rings. The molecule has 1 N–H and O–H groups in total. The summed E-state index contributed by atoms with van der Waals surface area (Å²) in [5, 5.41) is 3.15. The molecule has 1 aromatic rings. The Kier molecular flexibility index (Phi) is 4.68. The quantitative estimate of drug-likeness (QED) is 0.859. The van der Waals surface area contributed by atoms with Crippen LogP contribution in [0, 0.1) is 0 Å². The summed E-state index contributed by atoms with van der Waals surface area (Å²) < 4.78 is 21.4. The van der Waals surface area contributed by atoms with Crippen LogP contribution in [0.15, 0.2) is 30.3 Å². The fourth-order valence-corrected chi connectivity index (χ4v) is 4.44. The predicted octanol–water partition coefficient (Wildman–Crippen LogP) is 2.87. The molecule has 0 radical (unpaired) electrons. The third-order valence-electron chi connectivity index (χ3n) is 3.10. The molecule has 19 heavy (non-hydrogen) atoms. The maximum Gasteiger partial charge on any atom is 0.209 e. The van der Waals surface area contributed by atoms with E-state index < -0.39 is 19.7 Å². The van der Waals surface area contributed by atoms with E-state index in [9.17, 15) is 8.42 Å². The Labute approximate surface area is 128 Å². The SMILES string of the molecule is O=S1(=O)CC[C@@H](N[C@@H](c2ccccc2)C(Cl)(Cl)Cl)C1. The predicted molar refractivity (Wildman–Crippen MR) is 79.7 cm³/mol. The van der Waals surface area contributed by atoms with Crippen LogP contribution in [0.3, 0.4) is 0 Å². The molecular weight excluding hydrogens is 329 g/mol. The summed E-state index contributed by atoms with van der Waals surface area (Å²) in [7, 11) is -2.96. The van der Waals surface area contributed by atoms with Gasteiger partial charge in [0.05, 0.1) is 17.5 Å². The third-order valence-corrected chi connectivity index (χ3v) is 5.52. The molecule has 3 nitrogen and oxygen atoms in total. The molecule has 1 fully saturated rings. The number of halogens is 3. The monoisotopic (exact) mass is 341 g/mol. The van der Waals surface area contributed by atoms with Gasteiger partial charge in [0.2, 0.25) is 3.79 Å². The van der Waals surface area contributed by atoms with Gasteiger partial charge in [-0.05, 0) is 12.0 Å². The van der Waals surface area contributed by atoms with Gasteiger partial charge in [0.15, 0.2) is 9.84 Å². The maximum atomic E-state index is 11.5. The van der Waals surface area contributed by atoms with E-state index in [1.165, 1.54) is 0 Å². The van der Waals surface area contributed by atoms with Gasteiger partial charge in [-0.15, -0.1) is 0 Å². The molecule has 2 rings (SSSR count). The Morgan fingerprint density at radius 2 is 1.84 bits per heavy atom. The van der Waals surface area contributed by atoms with Crippen molar-refractivity contribution in [2.75, 3.05) is 11.5 Å². The van der Waals surface area contributed by atoms with E-state index in [-0.39, 0.29) is 17.5 Å². The Bertz CT molecular complexity index is 528. The van der Waals surface area contributed by atoms with Crippen molar-refractivity contribution in [3.63, 3.8) is 0 Å². The molecular formula is C12H14Cl3NO2S. The number of hydrogen-bond donors (Lipinski definition) is 1. The average molecular weight is 343 g/mol. The summed E-state index contributed by atoms with van der Waals surface area (Å²) in [5.74, 6) is 0.281. The van der Waals surface area contributed by atoms with E-state index >= 15 is 0 Å². The van der Waals surface area contributed by atoms with E-state index in [2.05, 4.69) is 5.32 Å². The first kappa shape index (κ1) is 15.4. The Balaban J connectivity index is 2.17. The van der Waals surface area contributed by atoms with Crippen molar-refractivity contribution in [1.29, 1.82) is 0 Å². The Morgan fingerprint density at radius 3 is 2.32 bits per heavy atom. The van der Waals surface area contributed by atoms with Crippen LogP contribution in [0.25, 0.3) is 0 Å². The van der Waals surface area contributed by atoms with Crippen LogP contribution < -0.4 is 5.32 Å². The minimum Gasteiger partial charge on any atom is -0.303 e. The second-order valence-electron chi connectivity index (χ2n) is 4.65. The molecule has 7 heteroatoms. The Hall–Kier alpha value is -0.000000000000000111. The second kappa shape index (κ2) is 5.78. The van der Waals surface area contributed by atoms with Crippen molar-refractivity contribution in [1.82, 2.24) is 5.32 Å². The summed E-state index contributed by atoms with van der Waals surface area (Å²) in [4.78, 5) is 0. The van der Waals surface area contributed by atoms with Crippen LogP contribution in [0.5, 0.6) is 0 Å². The normalized spacial score (nSPS) is 24.3. The van der Waals surface area contributed by atoms with E-state index in [0.29, 0.717) is 6.42 Å². The van der Waals surface area contributed by atoms with Crippen LogP contribution >= 0.6 is 34.8 Å². The number of benzene rings is 1. The summed E-state index contributed by atoms with van der Waals surface area (Å²) >= 11 is 18.0. The number of nitrogens with one attached hydrogen (secondary N) is 1. The standard InChI is InChI=1S/C12H14Cl3NO2S/c13-12(14,15)11(9-4-2-1-3-5-9)16-10-6-7-19(17,18)8-10/h1-5,10-11,16H,6-8H2/t10-,11+/m1/s1. The first-order chi connectivity index (χ1) is 8.78. The zero-order valence-electron chi connectivity index (χ0n) is 10.0. The highest BCUT2D eigenvalue weighted by Gasteiger charge is 2.38. The van der Waals surface area contributed by atoms with Crippen LogP contribution in [-0.2, 0) is 9.84 Å². The summed E-state index contributed by atoms with van der Waals surface area (Å²) in [5.41, 5.74) is 0.826. The van der Waals surface area contributed by atoms with Crippen molar-refractivity contribution in [3.05, 3.63) is 35.9 Å². The lowest BCUT2D eigenvalue weighted by atomic mass is 10.1. The largest absolute Gasteiger partial charge is 0.303 e. The van der Waals surface area contributed by atoms with E-state index in [4.69, 9.17) is 34.8 Å². The van der Waals surface area contributed by atoms with Gasteiger partial charge in [0.1, 0.15) is 0 Å². The van der Waals surface area contributed by atoms with Gasteiger partial charge in [-0.2, -0.15) is 0 Å². The molecule has 1 heterocycles. The smallest absolute Gasteiger partial charge is 0.209 e. The van der Waals surface area contributed by atoms with E-state index in [0.717, 1.165) is 5.56 Å². The zero-order valence-corrected chi connectivity index (χ0v) is 13.1. The van der Waals surface area contributed by atoms with Crippen LogP contribution in [-0.4, -0.2) is 29.8 Å². The molecule has 0 aliphatic carbocycles. The minimum atomic E-state index is -2.96. The van der Waals surface area contributed by atoms with Crippen molar-refractivity contribution < 1.29 is 8.42 Å². The molecule has 0 amide bonds. The van der Waals surface area contributed by atoms with Gasteiger partial charge >= 0.3 is 0 Å². The zero-order chi connectivity index (χ0) is 14.1. The first-order valence-corrected chi connectivity index (χ1v) is 8.81. The lowest BCUT2D eigenvalue weighted by Gasteiger charge is -2.28. The summed E-state index contributed by atoms with van der Waals surface area (Å²) in [6, 6.07) is 8.57. The van der Waals surface area contributed by atoms with Crippen LogP contribution in [0.1, 0.15) is 18.0 Å². The molecule has 0 spiro atoms. The van der Waals surface area contributed by atoms with Crippen LogP contribution in [0.4, 0.5) is 0 Å². The topological polar surface area (TPSA) is 46.2 Å². The average Bonchev–Trinajstić information content (AvgIpc) is 2.65. The van der Waals surface area contributed by atoms with Gasteiger partial charge in [-0.1, -0.05) is 65.1 Å². The number of rotatable bonds is 3. The third kappa shape index (κ3) is 4.23. The van der Waals surface area contributed by atoms with Crippen molar-refractivity contribution in [2.45, 2.75) is 22.3 Å². The summed E-state index contributed by atoms with van der Waals surface area (Å²) in [6.45, 7) is 0. The lowest BCUT2D eigenvalue weighted by molar-refractivity contribution is 0.464. The first-order valence-electron chi connectivity index (χ1n) is 5.86. The number of sulfone groups is 1. The highest BCUT2D eigenvalue weighted by molar-refractivity contribution is 7.91. The van der Waals surface area contributed by atoms with E-state index in [1.807, 2.05) is 30.3 Å². The van der Waals surface area contributed by atoms with Gasteiger partial charge < -0.3 is 5.32 Å². The number of hydrogen-bond acceptors (Lipinski definition) is 3. The summed E-state index contributed by atoms with van der Waals surface area (Å²) in [6.07, 6.45) is 0.548. The molecule has 1 aromatic carbocycles. The highest BCUT2D eigenvalue weighted by atomic mass is 35.6. The molecule has 2 atom stereocenters. The number of alkyl halides is 3. The van der Waals surface area contributed by atoms with Crippen molar-refractivity contribution in [2.24, 2.45) is 0 Å². The second-order valence-corrected chi connectivity index (χ2v) is 9.25. The molecule has 0 aromatic heterocycles.